The number of rotatable bonds is 9. The second kappa shape index (κ2) is 9.80. The highest BCUT2D eigenvalue weighted by Gasteiger charge is 2.60. The first kappa shape index (κ1) is 27.9. The molecule has 0 radical (unpaired) electrons. The van der Waals surface area contributed by atoms with Crippen LogP contribution in [-0.4, -0.2) is 106 Å². The normalized spacial score (nSPS) is 30.5. The first-order chi connectivity index (χ1) is 20.5. The molecule has 1 aromatic heterocycles. The molecule has 4 atom stereocenters. The molecule has 0 saturated carbocycles. The number of carbonyl (C=O) groups excluding carboxylic acids is 2. The van der Waals surface area contributed by atoms with E-state index in [0.29, 0.717) is 23.5 Å². The smallest absolute Gasteiger partial charge is 0.352 e. The largest absolute Gasteiger partial charge is 0.488 e. The number of furan rings is 1. The Balaban J connectivity index is 1.17. The van der Waals surface area contributed by atoms with E-state index in [1.165, 1.54) is 4.90 Å². The predicted molar refractivity (Wildman–Crippen MR) is 156 cm³/mol. The van der Waals surface area contributed by atoms with Crippen LogP contribution in [0.4, 0.5) is 0 Å². The molecular formula is C32H38N4O7+2. The molecule has 226 valence electrons. The number of aliphatic carboxylic acids is 1. The second-order valence-electron chi connectivity index (χ2n) is 13.1. The van der Waals surface area contributed by atoms with Crippen LogP contribution in [0.25, 0.3) is 21.9 Å². The third-order valence-electron chi connectivity index (χ3n) is 10.6. The van der Waals surface area contributed by atoms with E-state index in [9.17, 15) is 24.6 Å². The number of nitrogens with zero attached hydrogens (tertiary/aromatic N) is 3. The lowest BCUT2D eigenvalue weighted by atomic mass is 9.78. The van der Waals surface area contributed by atoms with Crippen molar-refractivity contribution in [3.05, 3.63) is 53.2 Å². The predicted octanol–water partition coefficient (Wildman–Crippen LogP) is 1.81. The molecule has 4 saturated heterocycles. The van der Waals surface area contributed by atoms with E-state index in [2.05, 4.69) is 6.07 Å². The Bertz CT molecular complexity index is 1680. The maximum atomic E-state index is 12.7. The number of hydrogen-bond donors (Lipinski definition) is 3. The van der Waals surface area contributed by atoms with Gasteiger partial charge in [-0.25, -0.2) is 4.79 Å². The minimum Gasteiger partial charge on any atom is -0.488 e. The number of benzene rings is 2. The van der Waals surface area contributed by atoms with Crippen LogP contribution in [-0.2, 0) is 20.9 Å². The molecule has 11 nitrogen and oxygen atoms in total. The highest BCUT2D eigenvalue weighted by Crippen LogP contribution is 2.47. The molecule has 4 N–H and O–H groups in total. The average Bonchev–Trinajstić information content (AvgIpc) is 3.46. The van der Waals surface area contributed by atoms with E-state index < -0.39 is 18.0 Å². The minimum atomic E-state index is -1.17. The van der Waals surface area contributed by atoms with Crippen LogP contribution in [0.15, 0.2) is 52.1 Å². The number of ether oxygens (including phenoxy) is 1. The van der Waals surface area contributed by atoms with Crippen LogP contribution < -0.4 is 10.5 Å². The minimum absolute atomic E-state index is 0.00634. The summed E-state index contributed by atoms with van der Waals surface area (Å²) >= 11 is 0. The van der Waals surface area contributed by atoms with E-state index in [-0.39, 0.29) is 36.1 Å². The Morgan fingerprint density at radius 2 is 1.77 bits per heavy atom. The van der Waals surface area contributed by atoms with Crippen LogP contribution >= 0.6 is 0 Å². The number of piperazine rings is 3. The monoisotopic (exact) mass is 590 g/mol. The molecule has 0 spiro atoms. The molecule has 5 aliphatic heterocycles. The van der Waals surface area contributed by atoms with E-state index >= 15 is 0 Å². The van der Waals surface area contributed by atoms with Gasteiger partial charge < -0.3 is 39.0 Å². The van der Waals surface area contributed by atoms with Gasteiger partial charge in [0, 0.05) is 22.4 Å². The molecule has 2 amide bonds. The van der Waals surface area contributed by atoms with Gasteiger partial charge in [0.25, 0.3) is 5.91 Å². The molecule has 6 heterocycles. The summed E-state index contributed by atoms with van der Waals surface area (Å²) in [6.45, 7) is 10.6. The number of para-hydroxylation sites is 1. The van der Waals surface area contributed by atoms with Crippen molar-refractivity contribution < 1.29 is 42.7 Å². The number of carbonyl (C=O) groups is 3. The summed E-state index contributed by atoms with van der Waals surface area (Å²) in [5.74, 6) is -2.06. The number of quaternary nitrogens is 2. The summed E-state index contributed by atoms with van der Waals surface area (Å²) in [7, 11) is 0. The van der Waals surface area contributed by atoms with Crippen molar-refractivity contribution in [1.82, 2.24) is 4.90 Å². The number of amides is 2. The summed E-state index contributed by atoms with van der Waals surface area (Å²) in [5, 5.41) is 21.9. The maximum absolute atomic E-state index is 12.7. The highest BCUT2D eigenvalue weighted by atomic mass is 16.5. The van der Waals surface area contributed by atoms with Gasteiger partial charge in [0.15, 0.2) is 6.54 Å². The van der Waals surface area contributed by atoms with Gasteiger partial charge in [-0.15, -0.1) is 0 Å². The number of aliphatic hydroxyl groups excluding tert-OH is 1. The molecule has 3 unspecified atom stereocenters. The SMILES string of the molecule is CC(O)C1C(=O)N2C(C(=O)O)=C(COc3cccc4oc5c(C[N+]67CC[N+](CC(N)=O)(CC6)CC7)cccc5c34)[C@H](C)C12. The molecule has 43 heavy (non-hydrogen) atoms. The van der Waals surface area contributed by atoms with Crippen molar-refractivity contribution in [1.29, 1.82) is 0 Å². The van der Waals surface area contributed by atoms with Crippen molar-refractivity contribution in [3.63, 3.8) is 0 Å². The molecule has 8 rings (SSSR count). The number of nitrogens with two attached hydrogens (primary N) is 1. The van der Waals surface area contributed by atoms with Crippen molar-refractivity contribution in [2.24, 2.45) is 17.6 Å². The van der Waals surface area contributed by atoms with E-state index in [4.69, 9.17) is 14.9 Å². The summed E-state index contributed by atoms with van der Waals surface area (Å²) < 4.78 is 14.5. The van der Waals surface area contributed by atoms with Gasteiger partial charge in [-0.1, -0.05) is 25.1 Å². The lowest BCUT2D eigenvalue weighted by Crippen LogP contribution is -2.75. The number of aliphatic hydroxyl groups is 1. The van der Waals surface area contributed by atoms with E-state index in [1.807, 2.05) is 37.3 Å². The molecule has 5 aliphatic rings. The zero-order valence-corrected chi connectivity index (χ0v) is 24.5. The van der Waals surface area contributed by atoms with Crippen LogP contribution in [0.1, 0.15) is 19.4 Å². The average molecular weight is 591 g/mol. The number of carboxylic acid groups (broad SMARTS) is 1. The van der Waals surface area contributed by atoms with Crippen molar-refractivity contribution >= 4 is 39.7 Å². The standard InChI is InChI=1S/C32H36N4O7/c1-18-22(29(32(40)41)34-28(18)26(19(2)37)31(34)39)17-42-23-7-4-8-24-27(23)21-6-3-5-20(30(21)43-24)15-35-9-12-36(13-10-35,14-11-35)16-25(33)38/h3-8,18-19,26,28,37H,9-17H2,1-2H3,(H-2,33,38,40,41)/p+2/t18-,19?,26?,28?,35?,36?/m0/s1. The third-order valence-corrected chi connectivity index (χ3v) is 10.6. The lowest BCUT2D eigenvalue weighted by molar-refractivity contribution is -1.08. The zero-order chi connectivity index (χ0) is 30.3. The van der Waals surface area contributed by atoms with Crippen LogP contribution in [0.3, 0.4) is 0 Å². The molecule has 0 aliphatic carbocycles. The van der Waals surface area contributed by atoms with Crippen molar-refractivity contribution in [3.8, 4) is 5.75 Å². The fraction of sp³-hybridized carbons (Fsp3) is 0.469. The van der Waals surface area contributed by atoms with Gasteiger partial charge >= 0.3 is 5.97 Å². The van der Waals surface area contributed by atoms with E-state index in [0.717, 1.165) is 76.7 Å². The van der Waals surface area contributed by atoms with Gasteiger partial charge in [0.1, 0.15) is 75.0 Å². The quantitative estimate of drug-likeness (QED) is 0.255. The molecular weight excluding hydrogens is 552 g/mol. The number of carboxylic acids is 1. The van der Waals surface area contributed by atoms with Gasteiger partial charge in [-0.3, -0.25) is 9.59 Å². The Kier molecular flexibility index (Phi) is 6.35. The number of β-lactam (4-membered cyclic amide) rings is 1. The topological polar surface area (TPSA) is 143 Å². The van der Waals surface area contributed by atoms with Gasteiger partial charge in [0.2, 0.25) is 5.91 Å². The fourth-order valence-corrected chi connectivity index (χ4v) is 8.22. The number of primary amides is 1. The Labute approximate surface area is 248 Å². The summed E-state index contributed by atoms with van der Waals surface area (Å²) in [6.07, 6.45) is -0.858. The number of hydrogen-bond acceptors (Lipinski definition) is 6. The molecule has 2 bridgehead atoms. The van der Waals surface area contributed by atoms with Gasteiger partial charge in [-0.05, 0) is 25.1 Å². The van der Waals surface area contributed by atoms with E-state index in [1.54, 1.807) is 6.92 Å². The Morgan fingerprint density at radius 3 is 2.42 bits per heavy atom. The summed E-state index contributed by atoms with van der Waals surface area (Å²) in [6, 6.07) is 11.4. The lowest BCUT2D eigenvalue weighted by Gasteiger charge is -2.55. The molecule has 11 heteroatoms. The third kappa shape index (κ3) is 4.24. The highest BCUT2D eigenvalue weighted by molar-refractivity contribution is 6.09. The molecule has 4 fully saturated rings. The Morgan fingerprint density at radius 1 is 1.09 bits per heavy atom. The second-order valence-corrected chi connectivity index (χ2v) is 13.1. The summed E-state index contributed by atoms with van der Waals surface area (Å²) in [4.78, 5) is 37.9. The first-order valence-corrected chi connectivity index (χ1v) is 15.0. The first-order valence-electron chi connectivity index (χ1n) is 15.0. The van der Waals surface area contributed by atoms with Crippen LogP contribution in [0, 0.1) is 11.8 Å². The van der Waals surface area contributed by atoms with Crippen molar-refractivity contribution in [2.45, 2.75) is 32.5 Å². The fourth-order valence-electron chi connectivity index (χ4n) is 8.22. The van der Waals surface area contributed by atoms with Crippen LogP contribution in [0.2, 0.25) is 0 Å². The molecule has 3 aromatic rings. The van der Waals surface area contributed by atoms with Crippen molar-refractivity contribution in [2.75, 3.05) is 52.4 Å². The maximum Gasteiger partial charge on any atom is 0.352 e. The summed E-state index contributed by atoms with van der Waals surface area (Å²) in [5.41, 5.74) is 8.69. The van der Waals surface area contributed by atoms with Gasteiger partial charge in [0.05, 0.1) is 23.4 Å². The zero-order valence-electron chi connectivity index (χ0n) is 24.5. The Hall–Kier alpha value is -3.93. The van der Waals surface area contributed by atoms with Gasteiger partial charge in [-0.2, -0.15) is 0 Å². The number of fused-ring (bicyclic) bond motifs is 7. The van der Waals surface area contributed by atoms with Crippen LogP contribution in [0.5, 0.6) is 5.75 Å². The molecule has 2 aromatic carbocycles.